The Morgan fingerprint density at radius 2 is 0.727 bits per heavy atom. The van der Waals surface area contributed by atoms with Gasteiger partial charge in [-0.3, -0.25) is 14.4 Å². The molecule has 0 saturated heterocycles. The van der Waals surface area contributed by atoms with Crippen molar-refractivity contribution in [3.8, 4) is 80.5 Å². The molecule has 1 aliphatic heterocycles. The zero-order chi connectivity index (χ0) is 88.4. The number of benzene rings is 11. The molecule has 0 radical (unpaired) electrons. The summed E-state index contributed by atoms with van der Waals surface area (Å²) in [5, 5.41) is 63.5. The van der Waals surface area contributed by atoms with Crippen LogP contribution in [0.2, 0.25) is 0 Å². The normalized spacial score (nSPS) is 12.3. The zero-order valence-electron chi connectivity index (χ0n) is 69.1. The van der Waals surface area contributed by atoms with Gasteiger partial charge >= 0.3 is 0 Å². The Morgan fingerprint density at radius 1 is 0.455 bits per heavy atom. The number of rotatable bonds is 19. The number of thiocarbonyl (C=S) groups is 2. The summed E-state index contributed by atoms with van der Waals surface area (Å²) in [5.41, 5.74) is 26.2. The van der Waals surface area contributed by atoms with Crippen LogP contribution in [0.5, 0.6) is 80.5 Å². The fourth-order valence-electron chi connectivity index (χ4n) is 11.2. The number of phenolic OH excluding ortho intramolecular Hbond substituents is 6. The summed E-state index contributed by atoms with van der Waals surface area (Å²) in [6, 6.07) is 73.9. The molecule has 11 aromatic rings. The number of hydrogen-bond donors (Lipinski definition) is 9. The first-order chi connectivity index (χ1) is 56.4. The van der Waals surface area contributed by atoms with Crippen LogP contribution in [0.3, 0.4) is 0 Å². The van der Waals surface area contributed by atoms with Gasteiger partial charge in [-0.05, 0) is 282 Å². The lowest BCUT2D eigenvalue weighted by Crippen LogP contribution is -2.31. The van der Waals surface area contributed by atoms with E-state index in [1.165, 1.54) is 65.2 Å². The van der Waals surface area contributed by atoms with Crippen LogP contribution >= 0.6 is 58.2 Å². The minimum Gasteiger partial charge on any atom is -0.504 e. The number of nitrogens with two attached hydrogens (primary N) is 3. The van der Waals surface area contributed by atoms with Crippen LogP contribution in [-0.2, 0) is 30.9 Å². The van der Waals surface area contributed by atoms with E-state index < -0.39 is 9.23 Å². The van der Waals surface area contributed by atoms with Crippen molar-refractivity contribution in [2.45, 2.75) is 117 Å². The zero-order valence-corrected chi connectivity index (χ0v) is 73.9. The van der Waals surface area contributed by atoms with Crippen LogP contribution in [0.15, 0.2) is 266 Å². The second kappa shape index (κ2) is 44.9. The number of hydrazone groups is 1. The van der Waals surface area contributed by atoms with E-state index in [1.807, 2.05) is 97.1 Å². The van der Waals surface area contributed by atoms with E-state index in [0.717, 1.165) is 51.1 Å². The number of ether oxygens (including phenoxy) is 4. The molecule has 0 aromatic heterocycles. The first kappa shape index (κ1) is 97.8. The smallest absolute Gasteiger partial charge is 0.211 e. The Balaban J connectivity index is 0.000000243. The number of allylic oxidation sites excluding steroid dienone is 2. The maximum atomic E-state index is 12.3. The fraction of sp³-hybridized carbons (Fsp3) is 0.198. The van der Waals surface area contributed by atoms with Crippen molar-refractivity contribution < 1.29 is 68.2 Å². The monoisotopic (exact) mass is 1750 g/mol. The van der Waals surface area contributed by atoms with Gasteiger partial charge in [0, 0.05) is 56.6 Å². The molecule has 0 amide bonds. The average molecular weight is 1750 g/mol. The minimum atomic E-state index is -1.67. The van der Waals surface area contributed by atoms with E-state index in [2.05, 4.69) is 158 Å². The van der Waals surface area contributed by atoms with Crippen molar-refractivity contribution in [2.24, 2.45) is 22.3 Å². The second-order valence-corrected chi connectivity index (χ2v) is 34.7. The van der Waals surface area contributed by atoms with E-state index >= 15 is 0 Å². The fourth-order valence-corrected chi connectivity index (χ4v) is 11.3. The Morgan fingerprint density at radius 3 is 0.992 bits per heavy atom. The van der Waals surface area contributed by atoms with Gasteiger partial charge in [-0.1, -0.05) is 153 Å². The van der Waals surface area contributed by atoms with Crippen LogP contribution in [0.4, 0.5) is 0 Å². The number of Topliss-reactive ketones (excluding diaryl/α,β-unsaturated/α-hetero) is 1. The number of hydrogen-bond acceptors (Lipinski definition) is 18. The molecule has 632 valence electrons. The summed E-state index contributed by atoms with van der Waals surface area (Å²) >= 11 is 9.53. The van der Waals surface area contributed by atoms with Crippen molar-refractivity contribution in [1.82, 2.24) is 5.01 Å². The maximum absolute atomic E-state index is 12.3. The molecule has 1 atom stereocenters. The van der Waals surface area contributed by atoms with Crippen molar-refractivity contribution in [3.05, 3.63) is 329 Å². The van der Waals surface area contributed by atoms with Gasteiger partial charge in [0.25, 0.3) is 0 Å². The standard InChI is InChI=1S/C26H27N3O3S.C25H24O4.C25H22O4.C18H20O2.C2H6N2S.Cl2OS.ClH/c1-26(2,3)18-7-11-20(12-8-18)32-19-9-4-16(5-10-19)21-15-22(29(28-21)25(27)33)17-6-13-23(30)24(31)14-17;2*1-25(2,3)19-8-12-21(13-9-19)29-20-10-6-18(7-11-20)22(26)14-4-17-5-15-23(27)24(28)16-17;1-13(19)14-5-9-16(10-6-14)20-17-11-7-15(8-12-17)18(2,3)4;3-1-2(4)5;1-4(2)3;/h4-14,22,30-31H,15H2,1-3H3,(H2,27,33);4-16,27-28H,1-3H3;4-16H,1H2,2-3H3,(H-,26,27,28);5-12H,1-4H3;1,3H2,(H2,4,5);;1H/p+1/b;14-4+;;;;;. The minimum absolute atomic E-state index is 0. The van der Waals surface area contributed by atoms with Gasteiger partial charge in [0.1, 0.15) is 51.4 Å². The molecular weight excluding hydrogens is 1650 g/mol. The van der Waals surface area contributed by atoms with Crippen LogP contribution in [0.1, 0.15) is 171 Å². The first-order valence-electron chi connectivity index (χ1n) is 37.7. The molecule has 1 heterocycles. The van der Waals surface area contributed by atoms with Crippen LogP contribution in [0, 0.1) is 6.92 Å². The second-order valence-electron chi connectivity index (χ2n) is 31.2. The Bertz CT molecular complexity index is 5240. The Kier molecular flexibility index (Phi) is 36.3. The number of nitrogens with zero attached hydrogens (tertiary/aromatic N) is 2. The molecule has 121 heavy (non-hydrogen) atoms. The lowest BCUT2D eigenvalue weighted by molar-refractivity contribution is 0.101. The third kappa shape index (κ3) is 31.9. The molecule has 11 aromatic carbocycles. The third-order valence-corrected chi connectivity index (χ3v) is 18.4. The highest BCUT2D eigenvalue weighted by Crippen LogP contribution is 2.39. The third-order valence-electron chi connectivity index (χ3n) is 18.0. The van der Waals surface area contributed by atoms with Gasteiger partial charge in [0.15, 0.2) is 57.0 Å². The van der Waals surface area contributed by atoms with Crippen molar-refractivity contribution in [1.29, 1.82) is 0 Å². The predicted molar refractivity (Wildman–Crippen MR) is 498 cm³/mol. The summed E-state index contributed by atoms with van der Waals surface area (Å²) in [6.45, 7) is 29.7. The van der Waals surface area contributed by atoms with Gasteiger partial charge in [-0.25, -0.2) is 9.22 Å². The quantitative estimate of drug-likeness (QED) is 0.00907. The number of carbonyl (C=O) groups is 3. The van der Waals surface area contributed by atoms with Gasteiger partial charge in [0.2, 0.25) is 9.23 Å². The van der Waals surface area contributed by atoms with Gasteiger partial charge in [-0.2, -0.15) is 5.10 Å². The highest BCUT2D eigenvalue weighted by molar-refractivity contribution is 8.26. The topological polar surface area (TPSA) is 320 Å². The van der Waals surface area contributed by atoms with Gasteiger partial charge in [0.05, 0.1) is 23.7 Å². The number of ketones is 3. The molecule has 25 heteroatoms. The average Bonchev–Trinajstić information content (AvgIpc) is 1.65. The van der Waals surface area contributed by atoms with E-state index in [1.54, 1.807) is 103 Å². The summed E-state index contributed by atoms with van der Waals surface area (Å²) in [7, 11) is 7.36. The van der Waals surface area contributed by atoms with Crippen LogP contribution in [-0.4, -0.2) is 79.6 Å². The molecule has 0 saturated carbocycles. The molecular formula is C96H101Cl3N5O14S3+. The summed E-state index contributed by atoms with van der Waals surface area (Å²) in [5.74, 6) is 4.27. The molecule has 19 nitrogen and oxygen atoms in total. The largest absolute Gasteiger partial charge is 0.504 e. The number of carbonyl (C=O) groups excluding carboxylic acids is 3. The SMILES string of the molecule is CC(=O)c1ccc(Oc2ccc(C(C)(C)C)cc2)cc1.CC(C)(C)c1ccc(Oc2ccc(C(=O)/C=C/c3ccc(O)c(O)c3)cc2)cc1.CC(C)(C)c1ccc(Oc2ccc(C3=NN(C(N)=S)C(c4ccc(O)c(O)c4)C3)cc2)cc1.Cl.NCC(N)=S.O=S(Cl)Cl.[CH2+]C(C)(C)c1ccc(Oc2ccc(C(=O)/C=C/c3ccc(O)c(O)c3)cc2)cc1. The van der Waals surface area contributed by atoms with Crippen molar-refractivity contribution in [2.75, 3.05) is 6.54 Å². The molecule has 0 bridgehead atoms. The Hall–Kier alpha value is -12.0. The summed E-state index contributed by atoms with van der Waals surface area (Å²) in [6.07, 6.45) is 6.56. The number of halogens is 3. The van der Waals surface area contributed by atoms with Crippen LogP contribution in [0.25, 0.3) is 12.2 Å². The van der Waals surface area contributed by atoms with E-state index in [-0.39, 0.29) is 97.1 Å². The summed E-state index contributed by atoms with van der Waals surface area (Å²) in [4.78, 5) is 36.2. The van der Waals surface area contributed by atoms with Gasteiger partial charge in [-0.15, -0.1) is 12.4 Å². The first-order valence-corrected chi connectivity index (χ1v) is 41.3. The van der Waals surface area contributed by atoms with Crippen LogP contribution < -0.4 is 36.1 Å². The lowest BCUT2D eigenvalue weighted by Gasteiger charge is -2.22. The molecule has 1 unspecified atom stereocenters. The van der Waals surface area contributed by atoms with E-state index in [0.29, 0.717) is 63.0 Å². The summed E-state index contributed by atoms with van der Waals surface area (Å²) < 4.78 is 32.5. The molecule has 12 N–H and O–H groups in total. The highest BCUT2D eigenvalue weighted by atomic mass is 36.0. The highest BCUT2D eigenvalue weighted by Gasteiger charge is 2.31. The Labute approximate surface area is 736 Å². The van der Waals surface area contributed by atoms with Crippen molar-refractivity contribution >= 4 is 113 Å². The lowest BCUT2D eigenvalue weighted by atomic mass is 9.87. The number of phenols is 6. The van der Waals surface area contributed by atoms with Crippen molar-refractivity contribution in [3.63, 3.8) is 0 Å². The van der Waals surface area contributed by atoms with E-state index in [9.17, 15) is 45.0 Å². The van der Waals surface area contributed by atoms with E-state index in [4.69, 9.17) is 52.6 Å². The molecule has 0 aliphatic carbocycles. The molecule has 0 spiro atoms. The predicted octanol–water partition coefficient (Wildman–Crippen LogP) is 23.2. The molecule has 1 aliphatic rings. The molecule has 0 fully saturated rings. The maximum Gasteiger partial charge on any atom is 0.211 e. The number of aromatic hydroxyl groups is 6. The molecule has 12 rings (SSSR count). The van der Waals surface area contributed by atoms with Gasteiger partial charge < -0.3 is 66.8 Å².